The highest BCUT2D eigenvalue weighted by atomic mass is 16.5. The van der Waals surface area contributed by atoms with Gasteiger partial charge in [0.1, 0.15) is 0 Å². The smallest absolute Gasteiger partial charge is 0.0465 e. The fourth-order valence-electron chi connectivity index (χ4n) is 1.95. The van der Waals surface area contributed by atoms with E-state index in [0.29, 0.717) is 0 Å². The first-order valence-corrected chi connectivity index (χ1v) is 5.77. The molecule has 0 atom stereocenters. The van der Waals surface area contributed by atoms with Gasteiger partial charge in [0, 0.05) is 13.7 Å². The molecule has 84 valence electrons. The molecule has 0 amide bonds. The van der Waals surface area contributed by atoms with Gasteiger partial charge in [-0.2, -0.15) is 0 Å². The Morgan fingerprint density at radius 1 is 1.20 bits per heavy atom. The summed E-state index contributed by atoms with van der Waals surface area (Å²) in [6.45, 7) is 7.50. The SMILES string of the molecule is CCc1cc(CCCOC)cc(C)c1C. The van der Waals surface area contributed by atoms with Gasteiger partial charge in [0.15, 0.2) is 0 Å². The second-order valence-corrected chi connectivity index (χ2v) is 4.15. The Bertz CT molecular complexity index is 315. The number of hydrogen-bond acceptors (Lipinski definition) is 1. The van der Waals surface area contributed by atoms with Crippen LogP contribution in [0.15, 0.2) is 12.1 Å². The minimum atomic E-state index is 0.856. The van der Waals surface area contributed by atoms with Crippen LogP contribution in [0.5, 0.6) is 0 Å². The molecular formula is C14H22O. The standard InChI is InChI=1S/C14H22O/c1-5-14-10-13(7-6-8-15-4)9-11(2)12(14)3/h9-10H,5-8H2,1-4H3. The van der Waals surface area contributed by atoms with Crippen molar-refractivity contribution >= 4 is 0 Å². The van der Waals surface area contributed by atoms with Crippen molar-refractivity contribution in [3.05, 3.63) is 34.4 Å². The van der Waals surface area contributed by atoms with Gasteiger partial charge in [-0.1, -0.05) is 19.1 Å². The molecule has 0 bridgehead atoms. The quantitative estimate of drug-likeness (QED) is 0.670. The second kappa shape index (κ2) is 5.92. The van der Waals surface area contributed by atoms with Crippen molar-refractivity contribution in [3.63, 3.8) is 0 Å². The Labute approximate surface area is 93.5 Å². The highest BCUT2D eigenvalue weighted by Crippen LogP contribution is 2.18. The third-order valence-electron chi connectivity index (χ3n) is 3.03. The predicted octanol–water partition coefficient (Wildman–Crippen LogP) is 3.44. The van der Waals surface area contributed by atoms with Gasteiger partial charge in [0.2, 0.25) is 0 Å². The third kappa shape index (κ3) is 3.35. The molecule has 0 N–H and O–H groups in total. The molecular weight excluding hydrogens is 184 g/mol. The summed E-state index contributed by atoms with van der Waals surface area (Å²) in [5.41, 5.74) is 5.81. The maximum Gasteiger partial charge on any atom is 0.0465 e. The van der Waals surface area contributed by atoms with Crippen LogP contribution in [0.4, 0.5) is 0 Å². The highest BCUT2D eigenvalue weighted by molar-refractivity contribution is 5.37. The number of benzene rings is 1. The van der Waals surface area contributed by atoms with Crippen LogP contribution in [0.25, 0.3) is 0 Å². The Morgan fingerprint density at radius 2 is 1.93 bits per heavy atom. The normalized spacial score (nSPS) is 10.7. The zero-order valence-corrected chi connectivity index (χ0v) is 10.4. The van der Waals surface area contributed by atoms with E-state index in [9.17, 15) is 0 Å². The minimum absolute atomic E-state index is 0.856. The van der Waals surface area contributed by atoms with Crippen molar-refractivity contribution < 1.29 is 4.74 Å². The Balaban J connectivity index is 2.77. The molecule has 0 spiro atoms. The summed E-state index contributed by atoms with van der Waals surface area (Å²) in [4.78, 5) is 0. The maximum atomic E-state index is 5.07. The fraction of sp³-hybridized carbons (Fsp3) is 0.571. The van der Waals surface area contributed by atoms with Gasteiger partial charge in [-0.3, -0.25) is 0 Å². The molecule has 0 heterocycles. The van der Waals surface area contributed by atoms with Crippen LogP contribution in [-0.4, -0.2) is 13.7 Å². The molecule has 0 saturated heterocycles. The van der Waals surface area contributed by atoms with Crippen molar-refractivity contribution in [2.24, 2.45) is 0 Å². The number of rotatable bonds is 5. The van der Waals surface area contributed by atoms with Gasteiger partial charge in [-0.25, -0.2) is 0 Å². The van der Waals surface area contributed by atoms with Gasteiger partial charge in [0.25, 0.3) is 0 Å². The summed E-state index contributed by atoms with van der Waals surface area (Å²) in [6, 6.07) is 4.65. The zero-order valence-electron chi connectivity index (χ0n) is 10.4. The Kier molecular flexibility index (Phi) is 4.83. The number of aryl methyl sites for hydroxylation is 3. The molecule has 0 aromatic heterocycles. The molecule has 1 heteroatoms. The van der Waals surface area contributed by atoms with Gasteiger partial charge in [-0.15, -0.1) is 0 Å². The average Bonchev–Trinajstić information content (AvgIpc) is 2.23. The summed E-state index contributed by atoms with van der Waals surface area (Å²) >= 11 is 0. The summed E-state index contributed by atoms with van der Waals surface area (Å²) in [7, 11) is 1.76. The molecule has 0 aliphatic rings. The van der Waals surface area contributed by atoms with Crippen molar-refractivity contribution in [1.82, 2.24) is 0 Å². The molecule has 1 aromatic carbocycles. The van der Waals surface area contributed by atoms with Gasteiger partial charge in [-0.05, 0) is 55.4 Å². The van der Waals surface area contributed by atoms with Crippen LogP contribution in [0, 0.1) is 13.8 Å². The van der Waals surface area contributed by atoms with Crippen molar-refractivity contribution in [1.29, 1.82) is 0 Å². The minimum Gasteiger partial charge on any atom is -0.385 e. The van der Waals surface area contributed by atoms with E-state index in [-0.39, 0.29) is 0 Å². The third-order valence-corrected chi connectivity index (χ3v) is 3.03. The maximum absolute atomic E-state index is 5.07. The monoisotopic (exact) mass is 206 g/mol. The molecule has 15 heavy (non-hydrogen) atoms. The predicted molar refractivity (Wildman–Crippen MR) is 65.5 cm³/mol. The van der Waals surface area contributed by atoms with E-state index in [1.165, 1.54) is 22.3 Å². The first-order chi connectivity index (χ1) is 7.19. The van der Waals surface area contributed by atoms with Crippen molar-refractivity contribution in [3.8, 4) is 0 Å². The van der Waals surface area contributed by atoms with E-state index in [1.807, 2.05) is 0 Å². The Morgan fingerprint density at radius 3 is 2.53 bits per heavy atom. The second-order valence-electron chi connectivity index (χ2n) is 4.15. The largest absolute Gasteiger partial charge is 0.385 e. The molecule has 1 rings (SSSR count). The molecule has 0 unspecified atom stereocenters. The summed E-state index contributed by atoms with van der Waals surface area (Å²) in [6.07, 6.45) is 3.37. The molecule has 1 nitrogen and oxygen atoms in total. The van der Waals surface area contributed by atoms with Crippen LogP contribution >= 0.6 is 0 Å². The molecule has 0 aliphatic carbocycles. The van der Waals surface area contributed by atoms with Crippen LogP contribution < -0.4 is 0 Å². The highest BCUT2D eigenvalue weighted by Gasteiger charge is 2.02. The topological polar surface area (TPSA) is 9.23 Å². The molecule has 0 saturated carbocycles. The first-order valence-electron chi connectivity index (χ1n) is 5.77. The molecule has 0 radical (unpaired) electrons. The van der Waals surface area contributed by atoms with Crippen LogP contribution in [0.3, 0.4) is 0 Å². The Hall–Kier alpha value is -0.820. The average molecular weight is 206 g/mol. The number of ether oxygens (including phenoxy) is 1. The van der Waals surface area contributed by atoms with E-state index in [1.54, 1.807) is 7.11 Å². The number of hydrogen-bond donors (Lipinski definition) is 0. The summed E-state index contributed by atoms with van der Waals surface area (Å²) < 4.78 is 5.07. The van der Waals surface area contributed by atoms with Crippen LogP contribution in [-0.2, 0) is 17.6 Å². The number of methoxy groups -OCH3 is 1. The van der Waals surface area contributed by atoms with Crippen molar-refractivity contribution in [2.75, 3.05) is 13.7 Å². The summed E-state index contributed by atoms with van der Waals surface area (Å²) in [5.74, 6) is 0. The van der Waals surface area contributed by atoms with E-state index in [4.69, 9.17) is 4.74 Å². The lowest BCUT2D eigenvalue weighted by Crippen LogP contribution is -1.97. The lowest BCUT2D eigenvalue weighted by atomic mass is 9.96. The van der Waals surface area contributed by atoms with E-state index in [0.717, 1.165) is 25.9 Å². The van der Waals surface area contributed by atoms with E-state index >= 15 is 0 Å². The van der Waals surface area contributed by atoms with Crippen LogP contribution in [0.1, 0.15) is 35.6 Å². The van der Waals surface area contributed by atoms with E-state index in [2.05, 4.69) is 32.9 Å². The molecule has 0 fully saturated rings. The van der Waals surface area contributed by atoms with Gasteiger partial charge < -0.3 is 4.74 Å². The van der Waals surface area contributed by atoms with Gasteiger partial charge in [0.05, 0.1) is 0 Å². The van der Waals surface area contributed by atoms with Gasteiger partial charge >= 0.3 is 0 Å². The lowest BCUT2D eigenvalue weighted by Gasteiger charge is -2.10. The molecule has 1 aromatic rings. The molecule has 0 aliphatic heterocycles. The zero-order chi connectivity index (χ0) is 11.3. The summed E-state index contributed by atoms with van der Waals surface area (Å²) in [5, 5.41) is 0. The lowest BCUT2D eigenvalue weighted by molar-refractivity contribution is 0.195. The van der Waals surface area contributed by atoms with Crippen LogP contribution in [0.2, 0.25) is 0 Å². The van der Waals surface area contributed by atoms with Crippen molar-refractivity contribution in [2.45, 2.75) is 40.0 Å². The first kappa shape index (κ1) is 12.3. The fourth-order valence-corrected chi connectivity index (χ4v) is 1.95. The van der Waals surface area contributed by atoms with E-state index < -0.39 is 0 Å².